The highest BCUT2D eigenvalue weighted by Crippen LogP contribution is 2.16. The van der Waals surface area contributed by atoms with Gasteiger partial charge in [-0.2, -0.15) is 0 Å². The van der Waals surface area contributed by atoms with Crippen LogP contribution in [0.5, 0.6) is 0 Å². The van der Waals surface area contributed by atoms with Crippen molar-refractivity contribution in [1.29, 1.82) is 0 Å². The molecule has 0 saturated heterocycles. The summed E-state index contributed by atoms with van der Waals surface area (Å²) in [5.74, 6) is -0.0284. The zero-order valence-electron chi connectivity index (χ0n) is 12.0. The lowest BCUT2D eigenvalue weighted by atomic mass is 10.1. The number of anilines is 1. The summed E-state index contributed by atoms with van der Waals surface area (Å²) >= 11 is 0. The lowest BCUT2D eigenvalue weighted by Crippen LogP contribution is -2.31. The highest BCUT2D eigenvalue weighted by Gasteiger charge is 2.09. The van der Waals surface area contributed by atoms with Crippen molar-refractivity contribution >= 4 is 11.6 Å². The number of aliphatic hydroxyl groups excluding tert-OH is 1. The summed E-state index contributed by atoms with van der Waals surface area (Å²) in [4.78, 5) is 12.0. The highest BCUT2D eigenvalue weighted by atomic mass is 16.3. The summed E-state index contributed by atoms with van der Waals surface area (Å²) in [5, 5.41) is 14.9. The van der Waals surface area contributed by atoms with Crippen molar-refractivity contribution in [1.82, 2.24) is 5.32 Å². The van der Waals surface area contributed by atoms with Gasteiger partial charge in [-0.25, -0.2) is 0 Å². The topological polar surface area (TPSA) is 61.4 Å². The average Bonchev–Trinajstić information content (AvgIpc) is 2.40. The van der Waals surface area contributed by atoms with Crippen LogP contribution in [0.25, 0.3) is 0 Å². The summed E-state index contributed by atoms with van der Waals surface area (Å²) < 4.78 is 0. The Hall–Kier alpha value is -1.55. The fourth-order valence-corrected chi connectivity index (χ4v) is 1.71. The third kappa shape index (κ3) is 4.91. The number of nitrogens with one attached hydrogen (secondary N) is 2. The Kier molecular flexibility index (Phi) is 6.36. The third-order valence-corrected chi connectivity index (χ3v) is 3.13. The van der Waals surface area contributed by atoms with Gasteiger partial charge in [-0.15, -0.1) is 0 Å². The monoisotopic (exact) mass is 264 g/mol. The first-order valence-corrected chi connectivity index (χ1v) is 6.84. The lowest BCUT2D eigenvalue weighted by Gasteiger charge is -2.13. The molecule has 0 bridgehead atoms. The van der Waals surface area contributed by atoms with E-state index in [0.717, 1.165) is 30.6 Å². The number of hydrogen-bond acceptors (Lipinski definition) is 3. The van der Waals surface area contributed by atoms with Crippen molar-refractivity contribution < 1.29 is 9.90 Å². The molecule has 1 aromatic carbocycles. The van der Waals surface area contributed by atoms with Crippen molar-refractivity contribution in [3.8, 4) is 0 Å². The van der Waals surface area contributed by atoms with Crippen LogP contribution in [0.4, 0.5) is 5.69 Å². The Labute approximate surface area is 115 Å². The van der Waals surface area contributed by atoms with Crippen LogP contribution in [0.3, 0.4) is 0 Å². The van der Waals surface area contributed by atoms with E-state index in [2.05, 4.69) is 10.6 Å². The van der Waals surface area contributed by atoms with Crippen LogP contribution in [0.2, 0.25) is 0 Å². The summed E-state index contributed by atoms with van der Waals surface area (Å²) in [5.41, 5.74) is 2.73. The van der Waals surface area contributed by atoms with E-state index in [0.29, 0.717) is 5.56 Å². The van der Waals surface area contributed by atoms with Gasteiger partial charge in [0.25, 0.3) is 5.91 Å². The minimum absolute atomic E-state index is 0.0284. The molecule has 106 valence electrons. The van der Waals surface area contributed by atoms with Crippen LogP contribution < -0.4 is 10.6 Å². The van der Waals surface area contributed by atoms with Crippen molar-refractivity contribution in [3.05, 3.63) is 29.3 Å². The van der Waals surface area contributed by atoms with E-state index >= 15 is 0 Å². The molecule has 1 atom stereocenters. The Balaban J connectivity index is 2.67. The van der Waals surface area contributed by atoms with Crippen LogP contribution in [-0.2, 0) is 0 Å². The molecule has 0 unspecified atom stereocenters. The number of carbonyl (C=O) groups is 1. The molecule has 0 aliphatic heterocycles. The van der Waals surface area contributed by atoms with E-state index in [1.54, 1.807) is 0 Å². The second-order valence-electron chi connectivity index (χ2n) is 4.82. The number of benzene rings is 1. The molecule has 0 heterocycles. The zero-order valence-corrected chi connectivity index (χ0v) is 12.0. The molecule has 0 fully saturated rings. The second-order valence-corrected chi connectivity index (χ2v) is 4.82. The minimum Gasteiger partial charge on any atom is -0.396 e. The van der Waals surface area contributed by atoms with E-state index in [4.69, 9.17) is 5.11 Å². The van der Waals surface area contributed by atoms with Crippen molar-refractivity contribution in [2.75, 3.05) is 18.5 Å². The largest absolute Gasteiger partial charge is 0.396 e. The maximum Gasteiger partial charge on any atom is 0.251 e. The van der Waals surface area contributed by atoms with Gasteiger partial charge >= 0.3 is 0 Å². The molecule has 1 rings (SSSR count). The standard InChI is InChI=1S/C15H24N2O2/c1-4-12(3)17-15(19)13-6-7-14(11(2)10-13)16-8-5-9-18/h6-7,10,12,16,18H,4-5,8-9H2,1-3H3,(H,17,19)/t12-/m0/s1. The van der Waals surface area contributed by atoms with Crippen LogP contribution in [-0.4, -0.2) is 30.2 Å². The summed E-state index contributed by atoms with van der Waals surface area (Å²) in [6.45, 7) is 6.93. The number of rotatable bonds is 7. The first kappa shape index (κ1) is 15.5. The quantitative estimate of drug-likeness (QED) is 0.662. The minimum atomic E-state index is -0.0284. The Morgan fingerprint density at radius 3 is 2.74 bits per heavy atom. The zero-order chi connectivity index (χ0) is 14.3. The highest BCUT2D eigenvalue weighted by molar-refractivity contribution is 5.95. The van der Waals surface area contributed by atoms with Crippen molar-refractivity contribution in [3.63, 3.8) is 0 Å². The maximum atomic E-state index is 12.0. The van der Waals surface area contributed by atoms with Crippen LogP contribution >= 0.6 is 0 Å². The molecule has 4 heteroatoms. The van der Waals surface area contributed by atoms with E-state index in [-0.39, 0.29) is 18.6 Å². The van der Waals surface area contributed by atoms with Gasteiger partial charge in [0.05, 0.1) is 0 Å². The smallest absolute Gasteiger partial charge is 0.251 e. The van der Waals surface area contributed by atoms with E-state index in [1.807, 2.05) is 39.0 Å². The first-order chi connectivity index (χ1) is 9.08. The molecule has 1 amide bonds. The Morgan fingerprint density at radius 2 is 2.16 bits per heavy atom. The Bertz CT molecular complexity index is 419. The van der Waals surface area contributed by atoms with E-state index in [1.165, 1.54) is 0 Å². The second kappa shape index (κ2) is 7.79. The molecule has 0 radical (unpaired) electrons. The number of amides is 1. The Morgan fingerprint density at radius 1 is 1.42 bits per heavy atom. The molecule has 0 aliphatic rings. The van der Waals surface area contributed by atoms with Gasteiger partial charge in [-0.3, -0.25) is 4.79 Å². The van der Waals surface area contributed by atoms with Gasteiger partial charge in [0, 0.05) is 30.4 Å². The molecule has 1 aromatic rings. The van der Waals surface area contributed by atoms with E-state index in [9.17, 15) is 4.79 Å². The molecular weight excluding hydrogens is 240 g/mol. The van der Waals surface area contributed by atoms with Crippen LogP contribution in [0, 0.1) is 6.92 Å². The molecule has 0 spiro atoms. The lowest BCUT2D eigenvalue weighted by molar-refractivity contribution is 0.0939. The molecule has 0 aromatic heterocycles. The van der Waals surface area contributed by atoms with Crippen molar-refractivity contribution in [2.45, 2.75) is 39.7 Å². The first-order valence-electron chi connectivity index (χ1n) is 6.84. The summed E-state index contributed by atoms with van der Waals surface area (Å²) in [6.07, 6.45) is 1.64. The summed E-state index contributed by atoms with van der Waals surface area (Å²) in [7, 11) is 0. The molecule has 0 aliphatic carbocycles. The van der Waals surface area contributed by atoms with E-state index < -0.39 is 0 Å². The predicted octanol–water partition coefficient (Wildman–Crippen LogP) is 2.32. The molecule has 4 nitrogen and oxygen atoms in total. The number of aliphatic hydroxyl groups is 1. The normalized spacial score (nSPS) is 12.0. The number of hydrogen-bond donors (Lipinski definition) is 3. The third-order valence-electron chi connectivity index (χ3n) is 3.13. The van der Waals surface area contributed by atoms with Gasteiger partial charge in [0.2, 0.25) is 0 Å². The van der Waals surface area contributed by atoms with Gasteiger partial charge in [0.15, 0.2) is 0 Å². The average molecular weight is 264 g/mol. The van der Waals surface area contributed by atoms with Crippen LogP contribution in [0.15, 0.2) is 18.2 Å². The molecule has 19 heavy (non-hydrogen) atoms. The molecule has 3 N–H and O–H groups in total. The van der Waals surface area contributed by atoms with Gasteiger partial charge in [-0.05, 0) is 50.5 Å². The number of carbonyl (C=O) groups excluding carboxylic acids is 1. The maximum absolute atomic E-state index is 12.0. The van der Waals surface area contributed by atoms with Gasteiger partial charge in [0.1, 0.15) is 0 Å². The fourth-order valence-electron chi connectivity index (χ4n) is 1.71. The van der Waals surface area contributed by atoms with Gasteiger partial charge < -0.3 is 15.7 Å². The SMILES string of the molecule is CC[C@H](C)NC(=O)c1ccc(NCCCO)c(C)c1. The van der Waals surface area contributed by atoms with Crippen LogP contribution in [0.1, 0.15) is 42.6 Å². The fraction of sp³-hybridized carbons (Fsp3) is 0.533. The number of aryl methyl sites for hydroxylation is 1. The van der Waals surface area contributed by atoms with Gasteiger partial charge in [-0.1, -0.05) is 6.92 Å². The summed E-state index contributed by atoms with van der Waals surface area (Å²) in [6, 6.07) is 5.82. The predicted molar refractivity (Wildman–Crippen MR) is 78.6 cm³/mol. The molecule has 0 saturated carbocycles. The van der Waals surface area contributed by atoms with Crippen molar-refractivity contribution in [2.24, 2.45) is 0 Å². The molecular formula is C15H24N2O2.